The number of carbonyl (C=O) groups excluding carboxylic acids is 2. The smallest absolute Gasteiger partial charge is 0.410 e. The van der Waals surface area contributed by atoms with Crippen molar-refractivity contribution >= 4 is 44.3 Å². The van der Waals surface area contributed by atoms with Gasteiger partial charge in [0, 0.05) is 84.7 Å². The standard InChI is InChI=1S/C35H32F3N5O3S.C6H11NO.C2H6/c1-17-15-42(34(45)46-35(3,4)5)18(2)26-14-24(40-43(17)26)32-30(28-22(37)12-21(36)13-27(28)44)29-23(38)16-47-33(29)31(39-32)20-7-8-25-19(11-20)9-10-41(25)6;1-5-3-6(8)7(2)4-5;1-2/h7-14,16-18,44H,15H2,1-6H3;5H,3-4H2,1-2H3;1-2H3/t17?,18-;5-;/m11./s1. The average Bonchev–Trinajstić information content (AvgIpc) is 3.92. The lowest BCUT2D eigenvalue weighted by atomic mass is 9.94. The number of carbonyl (C=O) groups is 2. The van der Waals surface area contributed by atoms with Gasteiger partial charge in [-0.1, -0.05) is 26.8 Å². The van der Waals surface area contributed by atoms with E-state index in [1.54, 1.807) is 41.3 Å². The molecule has 14 heteroatoms. The molecule has 0 radical (unpaired) electrons. The summed E-state index contributed by atoms with van der Waals surface area (Å²) in [6.07, 6.45) is 2.22. The van der Waals surface area contributed by atoms with Gasteiger partial charge in [0.2, 0.25) is 5.91 Å². The van der Waals surface area contributed by atoms with Crippen molar-refractivity contribution in [3.63, 3.8) is 0 Å². The van der Waals surface area contributed by atoms with Crippen molar-refractivity contribution in [3.8, 4) is 39.5 Å². The summed E-state index contributed by atoms with van der Waals surface area (Å²) in [6.45, 7) is 16.5. The number of aromatic hydroxyl groups is 1. The number of thiophene rings is 1. The van der Waals surface area contributed by atoms with Crippen molar-refractivity contribution < 1.29 is 32.6 Å². The molecule has 1 N–H and O–H groups in total. The first-order valence-electron chi connectivity index (χ1n) is 19.1. The zero-order chi connectivity index (χ0) is 41.7. The van der Waals surface area contributed by atoms with E-state index in [1.165, 1.54) is 5.38 Å². The summed E-state index contributed by atoms with van der Waals surface area (Å²) in [5.41, 5.74) is 2.07. The Bertz CT molecular complexity index is 2460. The van der Waals surface area contributed by atoms with Gasteiger partial charge in [0.25, 0.3) is 0 Å². The second-order valence-corrected chi connectivity index (χ2v) is 16.5. The van der Waals surface area contributed by atoms with Crippen LogP contribution >= 0.6 is 11.3 Å². The first-order valence-corrected chi connectivity index (χ1v) is 20.0. The Balaban J connectivity index is 0.000000485. The number of halogens is 3. The molecule has 8 rings (SSSR count). The largest absolute Gasteiger partial charge is 0.507 e. The molecular formula is C43H49F3N6O4S. The third kappa shape index (κ3) is 7.96. The van der Waals surface area contributed by atoms with Crippen LogP contribution in [0.2, 0.25) is 0 Å². The van der Waals surface area contributed by atoms with Crippen molar-refractivity contribution in [3.05, 3.63) is 77.2 Å². The molecule has 2 aliphatic rings. The van der Waals surface area contributed by atoms with Gasteiger partial charge in [-0.05, 0) is 64.8 Å². The Morgan fingerprint density at radius 3 is 2.28 bits per heavy atom. The lowest BCUT2D eigenvalue weighted by Crippen LogP contribution is -2.45. The Kier molecular flexibility index (Phi) is 11.5. The highest BCUT2D eigenvalue weighted by Gasteiger charge is 2.37. The molecule has 57 heavy (non-hydrogen) atoms. The Labute approximate surface area is 334 Å². The molecule has 0 saturated carbocycles. The predicted octanol–water partition coefficient (Wildman–Crippen LogP) is 10.5. The molecule has 0 aliphatic carbocycles. The van der Waals surface area contributed by atoms with Gasteiger partial charge in [-0.15, -0.1) is 11.3 Å². The molecule has 1 saturated heterocycles. The van der Waals surface area contributed by atoms with E-state index in [0.29, 0.717) is 40.2 Å². The van der Waals surface area contributed by atoms with E-state index in [-0.39, 0.29) is 39.9 Å². The Hall–Kier alpha value is -5.37. The number of benzene rings is 2. The van der Waals surface area contributed by atoms with E-state index >= 15 is 8.78 Å². The van der Waals surface area contributed by atoms with Crippen molar-refractivity contribution in [1.29, 1.82) is 0 Å². The van der Waals surface area contributed by atoms with Gasteiger partial charge < -0.3 is 19.3 Å². The summed E-state index contributed by atoms with van der Waals surface area (Å²) < 4.78 is 55.6. The normalized spacial score (nSPS) is 18.0. The molecule has 1 unspecified atom stereocenters. The van der Waals surface area contributed by atoms with Gasteiger partial charge in [-0.25, -0.2) is 22.9 Å². The van der Waals surface area contributed by atoms with Gasteiger partial charge in [-0.2, -0.15) is 5.10 Å². The van der Waals surface area contributed by atoms with Crippen LogP contribution in [0.15, 0.2) is 54.0 Å². The van der Waals surface area contributed by atoms with Crippen LogP contribution in [0.3, 0.4) is 0 Å². The summed E-state index contributed by atoms with van der Waals surface area (Å²) in [6, 6.07) is 10.2. The summed E-state index contributed by atoms with van der Waals surface area (Å²) in [7, 11) is 3.79. The average molecular weight is 803 g/mol. The summed E-state index contributed by atoms with van der Waals surface area (Å²) in [5.74, 6) is -2.52. The molecule has 1 fully saturated rings. The molecule has 0 spiro atoms. The van der Waals surface area contributed by atoms with Crippen LogP contribution in [0, 0.1) is 23.4 Å². The lowest BCUT2D eigenvalue weighted by Gasteiger charge is -2.38. The number of phenols is 1. The minimum atomic E-state index is -1.07. The monoisotopic (exact) mass is 802 g/mol. The number of aryl methyl sites for hydroxylation is 1. The second kappa shape index (κ2) is 15.9. The minimum absolute atomic E-state index is 0.0337. The van der Waals surface area contributed by atoms with E-state index in [2.05, 4.69) is 6.92 Å². The second-order valence-electron chi connectivity index (χ2n) is 15.6. The van der Waals surface area contributed by atoms with Crippen LogP contribution in [0.5, 0.6) is 5.75 Å². The number of rotatable bonds is 3. The van der Waals surface area contributed by atoms with E-state index in [0.717, 1.165) is 41.3 Å². The molecule has 2 amide bonds. The van der Waals surface area contributed by atoms with Crippen molar-refractivity contribution in [2.45, 2.75) is 79.5 Å². The maximum absolute atomic E-state index is 15.9. The van der Waals surface area contributed by atoms with Gasteiger partial charge in [-0.3, -0.25) is 14.4 Å². The molecule has 2 aliphatic heterocycles. The van der Waals surface area contributed by atoms with Crippen molar-refractivity contribution in [2.75, 3.05) is 20.1 Å². The van der Waals surface area contributed by atoms with Gasteiger partial charge >= 0.3 is 6.09 Å². The van der Waals surface area contributed by atoms with E-state index in [1.807, 2.05) is 76.8 Å². The van der Waals surface area contributed by atoms with E-state index in [9.17, 15) is 19.1 Å². The van der Waals surface area contributed by atoms with Gasteiger partial charge in [0.15, 0.2) is 0 Å². The molecular weight excluding hydrogens is 754 g/mol. The van der Waals surface area contributed by atoms with Crippen molar-refractivity contribution in [2.24, 2.45) is 13.0 Å². The van der Waals surface area contributed by atoms with E-state index in [4.69, 9.17) is 14.8 Å². The minimum Gasteiger partial charge on any atom is -0.507 e. The number of amides is 2. The number of fused-ring (bicyclic) bond motifs is 3. The summed E-state index contributed by atoms with van der Waals surface area (Å²) in [4.78, 5) is 32.3. The first kappa shape index (κ1) is 41.3. The SMILES string of the molecule is CC.CC1CN(C(=O)OC(C)(C)C)[C@H](C)c2cc(-c3nc(-c4ccc5c(ccn5C)c4)c4scc(F)c4c3-c3c(O)cc(F)cc3F)nn21.C[C@@H]1CC(=O)N(C)C1. The highest BCUT2D eigenvalue weighted by atomic mass is 32.1. The molecule has 3 atom stereocenters. The lowest BCUT2D eigenvalue weighted by molar-refractivity contribution is -0.126. The fraction of sp³-hybridized carbons (Fsp3) is 0.395. The third-order valence-electron chi connectivity index (χ3n) is 10.1. The fourth-order valence-electron chi connectivity index (χ4n) is 7.45. The van der Waals surface area contributed by atoms with Gasteiger partial charge in [0.05, 0.1) is 33.7 Å². The van der Waals surface area contributed by atoms with Gasteiger partial charge in [0.1, 0.15) is 40.2 Å². The number of ether oxygens (including phenoxy) is 1. The molecule has 6 heterocycles. The summed E-state index contributed by atoms with van der Waals surface area (Å²) >= 11 is 1.11. The predicted molar refractivity (Wildman–Crippen MR) is 219 cm³/mol. The molecule has 10 nitrogen and oxygen atoms in total. The number of pyridine rings is 1. The highest BCUT2D eigenvalue weighted by Crippen LogP contribution is 2.48. The molecule has 2 aromatic carbocycles. The third-order valence-corrected chi connectivity index (χ3v) is 11.0. The first-order chi connectivity index (χ1) is 26.9. The van der Waals surface area contributed by atoms with Crippen LogP contribution in [-0.2, 0) is 16.6 Å². The zero-order valence-electron chi connectivity index (χ0n) is 33.9. The van der Waals surface area contributed by atoms with Crippen LogP contribution in [0.25, 0.3) is 54.8 Å². The zero-order valence-corrected chi connectivity index (χ0v) is 34.8. The van der Waals surface area contributed by atoms with Crippen molar-refractivity contribution in [1.82, 2.24) is 29.1 Å². The molecule has 302 valence electrons. The van der Waals surface area contributed by atoms with Crippen LogP contribution < -0.4 is 0 Å². The molecule has 0 bridgehead atoms. The Morgan fingerprint density at radius 2 is 1.67 bits per heavy atom. The number of hydrogen-bond donors (Lipinski definition) is 1. The highest BCUT2D eigenvalue weighted by molar-refractivity contribution is 7.17. The van der Waals surface area contributed by atoms with Crippen LogP contribution in [-0.4, -0.2) is 72.0 Å². The van der Waals surface area contributed by atoms with Crippen LogP contribution in [0.1, 0.15) is 79.6 Å². The van der Waals surface area contributed by atoms with E-state index < -0.39 is 40.9 Å². The number of hydrogen-bond acceptors (Lipinski definition) is 7. The fourth-order valence-corrected chi connectivity index (χ4v) is 8.38. The van der Waals surface area contributed by atoms with Crippen LogP contribution in [0.4, 0.5) is 18.0 Å². The topological polar surface area (TPSA) is 106 Å². The number of nitrogens with zero attached hydrogens (tertiary/aromatic N) is 6. The molecule has 4 aromatic heterocycles. The molecule has 6 aromatic rings. The maximum atomic E-state index is 15.9. The maximum Gasteiger partial charge on any atom is 0.410 e. The number of aromatic nitrogens is 4. The number of likely N-dealkylation sites (tertiary alicyclic amines) is 1. The number of phenolic OH excluding ortho intramolecular Hbond substituents is 1. The summed E-state index contributed by atoms with van der Waals surface area (Å²) in [5, 5.41) is 18.1. The Morgan fingerprint density at radius 1 is 0.947 bits per heavy atom. The quantitative estimate of drug-likeness (QED) is 0.191.